The second-order valence-electron chi connectivity index (χ2n) is 13.8. The number of hydrogen-bond donors (Lipinski definition) is 6. The number of urea groups is 1. The van der Waals surface area contributed by atoms with E-state index < -0.39 is 21.1 Å². The van der Waals surface area contributed by atoms with E-state index in [0.29, 0.717) is 56.0 Å². The Hall–Kier alpha value is -6.01. The highest BCUT2D eigenvalue weighted by molar-refractivity contribution is 7.92. The van der Waals surface area contributed by atoms with Crippen molar-refractivity contribution in [2.24, 2.45) is 5.73 Å². The Labute approximate surface area is 339 Å². The molecule has 14 nitrogen and oxygen atoms in total. The summed E-state index contributed by atoms with van der Waals surface area (Å²) < 4.78 is 43.7. The van der Waals surface area contributed by atoms with Crippen molar-refractivity contribution in [3.05, 3.63) is 107 Å². The zero-order chi connectivity index (χ0) is 41.4. The predicted octanol–water partition coefficient (Wildman–Crippen LogP) is 6.48. The molecule has 0 saturated carbocycles. The van der Waals surface area contributed by atoms with E-state index in [1.54, 1.807) is 68.6 Å². The third kappa shape index (κ3) is 10.1. The SMILES string of the molecule is CNCc1ccc(-c2cc(-c3nc(-c4ccc(S(=O)(=O)C(C)C)cc4)cnc3N)on2)cc1.NC(=O)Nc1cc(-c2cccc(F)c2)sc1C(=O)N[C@H]1CCCNC1. The second-order valence-corrected chi connectivity index (χ2v) is 17.3. The molecule has 0 spiro atoms. The Morgan fingerprint density at radius 1 is 1.00 bits per heavy atom. The standard InChI is InChI=1S/C24H25N5O3S.C17H19FN4O2S/c1-15(2)33(30,31)19-10-8-18(9-11-19)21-14-27-24(25)23(28-21)22-12-20(29-32-22)17-6-4-16(5-7-17)13-26-3;18-11-4-1-3-10(7-11)14-8-13(22-17(19)24)15(25-14)16(23)21-12-5-2-6-20-9-12/h4-12,14-15,26H,13H2,1-3H3,(H2,25,27);1,3-4,7-8,12,20H,2,5-6,9H2,(H,21,23)(H3,19,22,24)/t;12-/m.0/s1. The number of nitrogen functional groups attached to an aromatic ring is 1. The van der Waals surface area contributed by atoms with Crippen LogP contribution in [0.15, 0.2) is 101 Å². The predicted molar refractivity (Wildman–Crippen MR) is 224 cm³/mol. The molecule has 1 fully saturated rings. The van der Waals surface area contributed by atoms with Gasteiger partial charge in [0.1, 0.15) is 16.4 Å². The molecule has 0 radical (unpaired) electrons. The highest BCUT2D eigenvalue weighted by Gasteiger charge is 2.23. The van der Waals surface area contributed by atoms with Crippen molar-refractivity contribution < 1.29 is 26.9 Å². The van der Waals surface area contributed by atoms with E-state index in [1.165, 1.54) is 29.0 Å². The van der Waals surface area contributed by atoms with Gasteiger partial charge in [-0.2, -0.15) is 0 Å². The summed E-state index contributed by atoms with van der Waals surface area (Å²) in [4.78, 5) is 34.0. The average Bonchev–Trinajstić information content (AvgIpc) is 3.87. The van der Waals surface area contributed by atoms with Crippen molar-refractivity contribution in [1.29, 1.82) is 0 Å². The van der Waals surface area contributed by atoms with Gasteiger partial charge in [0.2, 0.25) is 0 Å². The first-order valence-corrected chi connectivity index (χ1v) is 20.8. The number of nitrogens with one attached hydrogen (secondary N) is 4. The van der Waals surface area contributed by atoms with Crippen LogP contribution in [0.1, 0.15) is 41.9 Å². The average molecular weight is 826 g/mol. The Kier molecular flexibility index (Phi) is 13.3. The van der Waals surface area contributed by atoms with Crippen LogP contribution < -0.4 is 32.7 Å². The Bertz CT molecular complexity index is 2480. The molecule has 8 N–H and O–H groups in total. The first-order chi connectivity index (χ1) is 27.8. The summed E-state index contributed by atoms with van der Waals surface area (Å²) >= 11 is 1.19. The highest BCUT2D eigenvalue weighted by Crippen LogP contribution is 2.35. The third-order valence-electron chi connectivity index (χ3n) is 9.21. The van der Waals surface area contributed by atoms with Gasteiger partial charge in [0.15, 0.2) is 27.1 Å². The molecule has 0 aliphatic carbocycles. The van der Waals surface area contributed by atoms with Gasteiger partial charge >= 0.3 is 6.03 Å². The van der Waals surface area contributed by atoms with Gasteiger partial charge in [-0.3, -0.25) is 4.79 Å². The van der Waals surface area contributed by atoms with Crippen LogP contribution in [0.25, 0.3) is 44.4 Å². The van der Waals surface area contributed by atoms with E-state index in [1.807, 2.05) is 31.3 Å². The summed E-state index contributed by atoms with van der Waals surface area (Å²) in [5.41, 5.74) is 16.6. The van der Waals surface area contributed by atoms with Crippen molar-refractivity contribution in [2.45, 2.75) is 49.4 Å². The number of benzene rings is 3. The lowest BCUT2D eigenvalue weighted by atomic mass is 10.1. The molecule has 1 atom stereocenters. The molecule has 4 heterocycles. The third-order valence-corrected chi connectivity index (χ3v) is 12.6. The van der Waals surface area contributed by atoms with Crippen LogP contribution in [0.4, 0.5) is 20.7 Å². The number of hydrogen-bond acceptors (Lipinski definition) is 12. The lowest BCUT2D eigenvalue weighted by Crippen LogP contribution is -2.45. The van der Waals surface area contributed by atoms with Gasteiger partial charge in [-0.05, 0) is 81.7 Å². The molecule has 302 valence electrons. The molecule has 0 unspecified atom stereocenters. The van der Waals surface area contributed by atoms with Gasteiger partial charge in [0.25, 0.3) is 5.91 Å². The van der Waals surface area contributed by atoms with E-state index in [2.05, 4.69) is 36.4 Å². The summed E-state index contributed by atoms with van der Waals surface area (Å²) in [6, 6.07) is 23.3. The number of nitrogens with two attached hydrogens (primary N) is 2. The second kappa shape index (κ2) is 18.5. The highest BCUT2D eigenvalue weighted by atomic mass is 32.2. The molecular weight excluding hydrogens is 782 g/mol. The molecular formula is C41H44FN9O5S2. The number of thiophene rings is 1. The maximum Gasteiger partial charge on any atom is 0.316 e. The van der Waals surface area contributed by atoms with Crippen LogP contribution >= 0.6 is 11.3 Å². The fraction of sp³-hybridized carbons (Fsp3) is 0.244. The van der Waals surface area contributed by atoms with E-state index in [0.717, 1.165) is 31.5 Å². The van der Waals surface area contributed by atoms with Crippen molar-refractivity contribution in [2.75, 3.05) is 31.2 Å². The zero-order valence-corrected chi connectivity index (χ0v) is 33.7. The summed E-state index contributed by atoms with van der Waals surface area (Å²) in [6.45, 7) is 5.76. The number of sulfone groups is 1. The van der Waals surface area contributed by atoms with E-state index in [-0.39, 0.29) is 28.5 Å². The normalized spacial score (nSPS) is 14.1. The van der Waals surface area contributed by atoms with Gasteiger partial charge in [-0.1, -0.05) is 53.7 Å². The van der Waals surface area contributed by atoms with Crippen molar-refractivity contribution >= 4 is 44.6 Å². The van der Waals surface area contributed by atoms with Crippen LogP contribution in [0.5, 0.6) is 0 Å². The molecule has 6 aromatic rings. The van der Waals surface area contributed by atoms with Crippen molar-refractivity contribution in [1.82, 2.24) is 31.1 Å². The number of piperidine rings is 1. The molecule has 0 bridgehead atoms. The zero-order valence-electron chi connectivity index (χ0n) is 32.1. The van der Waals surface area contributed by atoms with Crippen LogP contribution in [0.3, 0.4) is 0 Å². The number of carbonyl (C=O) groups is 2. The smallest absolute Gasteiger partial charge is 0.316 e. The van der Waals surface area contributed by atoms with Gasteiger partial charge in [-0.15, -0.1) is 11.3 Å². The van der Waals surface area contributed by atoms with Gasteiger partial charge in [0, 0.05) is 41.2 Å². The van der Waals surface area contributed by atoms with Crippen LogP contribution in [0.2, 0.25) is 0 Å². The Morgan fingerprint density at radius 2 is 1.72 bits per heavy atom. The minimum atomic E-state index is -3.35. The molecule has 58 heavy (non-hydrogen) atoms. The minimum Gasteiger partial charge on any atom is -0.382 e. The van der Waals surface area contributed by atoms with E-state index >= 15 is 0 Å². The number of carbonyl (C=O) groups excluding carboxylic acids is 2. The number of amides is 3. The fourth-order valence-corrected chi connectivity index (χ4v) is 8.19. The monoisotopic (exact) mass is 825 g/mol. The quantitative estimate of drug-likeness (QED) is 0.0831. The van der Waals surface area contributed by atoms with Crippen LogP contribution in [-0.4, -0.2) is 66.9 Å². The van der Waals surface area contributed by atoms with Gasteiger partial charge < -0.3 is 37.3 Å². The topological polar surface area (TPSA) is 220 Å². The molecule has 3 aromatic heterocycles. The Balaban J connectivity index is 0.000000203. The molecule has 3 amide bonds. The molecule has 1 aliphatic heterocycles. The minimum absolute atomic E-state index is 0.0439. The van der Waals surface area contributed by atoms with E-state index in [9.17, 15) is 22.4 Å². The first kappa shape index (κ1) is 41.6. The fourth-order valence-electron chi connectivity index (χ4n) is 6.12. The van der Waals surface area contributed by atoms with Crippen LogP contribution in [0, 0.1) is 5.82 Å². The Morgan fingerprint density at radius 3 is 2.38 bits per heavy atom. The molecule has 3 aromatic carbocycles. The summed E-state index contributed by atoms with van der Waals surface area (Å²) in [5.74, 6) is -0.0281. The van der Waals surface area contributed by atoms with Gasteiger partial charge in [-0.25, -0.2) is 27.6 Å². The first-order valence-electron chi connectivity index (χ1n) is 18.5. The summed E-state index contributed by atoms with van der Waals surface area (Å²) in [6.07, 6.45) is 3.44. The van der Waals surface area contributed by atoms with Crippen molar-refractivity contribution in [3.8, 4) is 44.4 Å². The van der Waals surface area contributed by atoms with E-state index in [4.69, 9.17) is 16.0 Å². The summed E-state index contributed by atoms with van der Waals surface area (Å²) in [7, 11) is -1.44. The lowest BCUT2D eigenvalue weighted by molar-refractivity contribution is 0.0935. The number of primary amides is 1. The number of anilines is 2. The summed E-state index contributed by atoms with van der Waals surface area (Å²) in [5, 5.41) is 15.5. The molecule has 7 rings (SSSR count). The number of halogens is 1. The van der Waals surface area contributed by atoms with Crippen LogP contribution in [-0.2, 0) is 16.4 Å². The molecule has 1 saturated heterocycles. The number of aromatic nitrogens is 3. The number of nitrogens with zero attached hydrogens (tertiary/aromatic N) is 3. The molecule has 17 heteroatoms. The number of rotatable bonds is 11. The van der Waals surface area contributed by atoms with Crippen molar-refractivity contribution in [3.63, 3.8) is 0 Å². The molecule has 1 aliphatic rings. The maximum atomic E-state index is 13.5. The van der Waals surface area contributed by atoms with Gasteiger partial charge in [0.05, 0.1) is 27.7 Å². The largest absolute Gasteiger partial charge is 0.382 e. The lowest BCUT2D eigenvalue weighted by Gasteiger charge is -2.23. The maximum absolute atomic E-state index is 13.5.